The Morgan fingerprint density at radius 3 is 2.83 bits per heavy atom. The van der Waals surface area contributed by atoms with Crippen LogP contribution < -0.4 is 5.32 Å². The van der Waals surface area contributed by atoms with Gasteiger partial charge in [0.15, 0.2) is 5.82 Å². The maximum Gasteiger partial charge on any atom is 0.217 e. The number of carbonyl (C=O) groups excluding carboxylic acids is 1. The van der Waals surface area contributed by atoms with Gasteiger partial charge >= 0.3 is 0 Å². The van der Waals surface area contributed by atoms with Gasteiger partial charge in [-0.3, -0.25) is 4.79 Å². The van der Waals surface area contributed by atoms with Crippen LogP contribution in [0.4, 0.5) is 0 Å². The van der Waals surface area contributed by atoms with Gasteiger partial charge in [0.25, 0.3) is 0 Å². The van der Waals surface area contributed by atoms with Crippen LogP contribution in [0.15, 0.2) is 6.33 Å². The minimum absolute atomic E-state index is 0.0644. The fourth-order valence-corrected chi connectivity index (χ4v) is 1.05. The quantitative estimate of drug-likeness (QED) is 0.676. The van der Waals surface area contributed by atoms with E-state index in [0.717, 1.165) is 5.82 Å². The molecule has 12 heavy (non-hydrogen) atoms. The SMILES string of the molecule is CC(=O)NC(C)c1nncn1C. The normalized spacial score (nSPS) is 12.6. The molecule has 1 unspecified atom stereocenters. The molecule has 0 radical (unpaired) electrons. The number of hydrogen-bond acceptors (Lipinski definition) is 3. The highest BCUT2D eigenvalue weighted by Crippen LogP contribution is 2.05. The molecule has 1 aromatic rings. The molecular formula is C7H12N4O. The standard InChI is InChI=1S/C7H12N4O/c1-5(9-6(2)12)7-10-8-4-11(7)3/h4-5H,1-3H3,(H,9,12). The lowest BCUT2D eigenvalue weighted by Crippen LogP contribution is -2.25. The molecule has 5 nitrogen and oxygen atoms in total. The maximum absolute atomic E-state index is 10.7. The highest BCUT2D eigenvalue weighted by molar-refractivity contribution is 5.73. The molecule has 0 saturated carbocycles. The highest BCUT2D eigenvalue weighted by atomic mass is 16.1. The third kappa shape index (κ3) is 1.81. The van der Waals surface area contributed by atoms with Gasteiger partial charge in [0.2, 0.25) is 5.91 Å². The number of aromatic nitrogens is 3. The van der Waals surface area contributed by atoms with Crippen LogP contribution in [0.3, 0.4) is 0 Å². The van der Waals surface area contributed by atoms with Crippen molar-refractivity contribution in [1.82, 2.24) is 20.1 Å². The Bertz CT molecular complexity index is 281. The predicted octanol–water partition coefficient (Wildman–Crippen LogP) is 0.0122. The molecule has 0 saturated heterocycles. The molecule has 66 valence electrons. The van der Waals surface area contributed by atoms with Crippen LogP contribution in [0, 0.1) is 0 Å². The van der Waals surface area contributed by atoms with Gasteiger partial charge in [0.05, 0.1) is 6.04 Å². The van der Waals surface area contributed by atoms with Crippen molar-refractivity contribution in [3.8, 4) is 0 Å². The number of hydrogen-bond donors (Lipinski definition) is 1. The first-order valence-electron chi connectivity index (χ1n) is 3.72. The van der Waals surface area contributed by atoms with Gasteiger partial charge in [0, 0.05) is 14.0 Å². The van der Waals surface area contributed by atoms with Crippen LogP contribution in [-0.2, 0) is 11.8 Å². The van der Waals surface area contributed by atoms with E-state index in [1.807, 2.05) is 14.0 Å². The zero-order valence-corrected chi connectivity index (χ0v) is 7.40. The Morgan fingerprint density at radius 2 is 2.42 bits per heavy atom. The average molecular weight is 168 g/mol. The summed E-state index contributed by atoms with van der Waals surface area (Å²) in [6, 6.07) is -0.0880. The van der Waals surface area contributed by atoms with Crippen molar-refractivity contribution in [2.75, 3.05) is 0 Å². The van der Waals surface area contributed by atoms with Crippen LogP contribution in [-0.4, -0.2) is 20.7 Å². The van der Waals surface area contributed by atoms with E-state index in [0.29, 0.717) is 0 Å². The van der Waals surface area contributed by atoms with Crippen LogP contribution in [0.5, 0.6) is 0 Å². The Labute approximate surface area is 70.8 Å². The molecule has 0 aliphatic rings. The smallest absolute Gasteiger partial charge is 0.217 e. The number of carbonyl (C=O) groups is 1. The van der Waals surface area contributed by atoms with Gasteiger partial charge in [-0.2, -0.15) is 0 Å². The highest BCUT2D eigenvalue weighted by Gasteiger charge is 2.10. The Balaban J connectivity index is 2.71. The van der Waals surface area contributed by atoms with E-state index in [1.54, 1.807) is 10.9 Å². The average Bonchev–Trinajstić information content (AvgIpc) is 2.33. The van der Waals surface area contributed by atoms with E-state index in [2.05, 4.69) is 15.5 Å². The van der Waals surface area contributed by atoms with E-state index < -0.39 is 0 Å². The number of amides is 1. The van der Waals surface area contributed by atoms with Gasteiger partial charge in [-0.15, -0.1) is 10.2 Å². The Hall–Kier alpha value is -1.39. The summed E-state index contributed by atoms with van der Waals surface area (Å²) in [4.78, 5) is 10.7. The number of nitrogens with zero attached hydrogens (tertiary/aromatic N) is 3. The van der Waals surface area contributed by atoms with E-state index in [4.69, 9.17) is 0 Å². The molecule has 0 aliphatic carbocycles. The van der Waals surface area contributed by atoms with Gasteiger partial charge in [0.1, 0.15) is 6.33 Å². The lowest BCUT2D eigenvalue weighted by Gasteiger charge is -2.10. The first kappa shape index (κ1) is 8.70. The topological polar surface area (TPSA) is 59.8 Å². The number of aryl methyl sites for hydroxylation is 1. The molecule has 0 bridgehead atoms. The van der Waals surface area contributed by atoms with E-state index in [-0.39, 0.29) is 11.9 Å². The predicted molar refractivity (Wildman–Crippen MR) is 43.2 cm³/mol. The van der Waals surface area contributed by atoms with Crippen LogP contribution in [0.2, 0.25) is 0 Å². The van der Waals surface area contributed by atoms with Crippen molar-refractivity contribution in [3.05, 3.63) is 12.2 Å². The number of rotatable bonds is 2. The van der Waals surface area contributed by atoms with Crippen molar-refractivity contribution in [3.63, 3.8) is 0 Å². The van der Waals surface area contributed by atoms with Crippen LogP contribution in [0.1, 0.15) is 25.7 Å². The van der Waals surface area contributed by atoms with Crippen molar-refractivity contribution in [2.45, 2.75) is 19.9 Å². The molecule has 0 aliphatic heterocycles. The van der Waals surface area contributed by atoms with E-state index >= 15 is 0 Å². The molecule has 0 spiro atoms. The van der Waals surface area contributed by atoms with E-state index in [1.165, 1.54) is 6.92 Å². The zero-order valence-electron chi connectivity index (χ0n) is 7.40. The molecule has 0 fully saturated rings. The first-order valence-corrected chi connectivity index (χ1v) is 3.72. The monoisotopic (exact) mass is 168 g/mol. The van der Waals surface area contributed by atoms with Crippen LogP contribution in [0.25, 0.3) is 0 Å². The molecule has 5 heteroatoms. The minimum Gasteiger partial charge on any atom is -0.347 e. The van der Waals surface area contributed by atoms with Gasteiger partial charge in [-0.25, -0.2) is 0 Å². The summed E-state index contributed by atoms with van der Waals surface area (Å²) in [7, 11) is 1.84. The van der Waals surface area contributed by atoms with Crippen molar-refractivity contribution in [2.24, 2.45) is 7.05 Å². The van der Waals surface area contributed by atoms with Crippen molar-refractivity contribution in [1.29, 1.82) is 0 Å². The second kappa shape index (κ2) is 3.34. The van der Waals surface area contributed by atoms with Gasteiger partial charge < -0.3 is 9.88 Å². The summed E-state index contributed by atoms with van der Waals surface area (Å²) in [6.45, 7) is 3.35. The molecule has 1 heterocycles. The summed E-state index contributed by atoms with van der Waals surface area (Å²) >= 11 is 0. The van der Waals surface area contributed by atoms with Gasteiger partial charge in [-0.1, -0.05) is 0 Å². The Kier molecular flexibility index (Phi) is 2.42. The fraction of sp³-hybridized carbons (Fsp3) is 0.571. The summed E-state index contributed by atoms with van der Waals surface area (Å²) < 4.78 is 1.78. The lowest BCUT2D eigenvalue weighted by molar-refractivity contribution is -0.119. The summed E-state index contributed by atoms with van der Waals surface area (Å²) in [5, 5.41) is 10.3. The minimum atomic E-state index is -0.0880. The second-order valence-corrected chi connectivity index (χ2v) is 2.72. The molecule has 1 N–H and O–H groups in total. The molecule has 1 amide bonds. The molecule has 1 atom stereocenters. The molecular weight excluding hydrogens is 156 g/mol. The summed E-state index contributed by atoms with van der Waals surface area (Å²) in [5.41, 5.74) is 0. The largest absolute Gasteiger partial charge is 0.347 e. The third-order valence-electron chi connectivity index (χ3n) is 1.55. The summed E-state index contributed by atoms with van der Waals surface area (Å²) in [5.74, 6) is 0.690. The lowest BCUT2D eigenvalue weighted by atomic mass is 10.3. The third-order valence-corrected chi connectivity index (χ3v) is 1.55. The van der Waals surface area contributed by atoms with Gasteiger partial charge in [-0.05, 0) is 6.92 Å². The molecule has 0 aromatic carbocycles. The zero-order chi connectivity index (χ0) is 9.14. The number of nitrogens with one attached hydrogen (secondary N) is 1. The summed E-state index contributed by atoms with van der Waals surface area (Å²) in [6.07, 6.45) is 1.60. The van der Waals surface area contributed by atoms with Crippen molar-refractivity contribution >= 4 is 5.91 Å². The van der Waals surface area contributed by atoms with Crippen LogP contribution >= 0.6 is 0 Å². The maximum atomic E-state index is 10.7. The van der Waals surface area contributed by atoms with Crippen molar-refractivity contribution < 1.29 is 4.79 Å². The second-order valence-electron chi connectivity index (χ2n) is 2.72. The first-order chi connectivity index (χ1) is 5.61. The molecule has 1 aromatic heterocycles. The molecule has 1 rings (SSSR count). The van der Waals surface area contributed by atoms with E-state index in [9.17, 15) is 4.79 Å². The Morgan fingerprint density at radius 1 is 1.75 bits per heavy atom. The fourth-order valence-electron chi connectivity index (χ4n) is 1.05.